The topological polar surface area (TPSA) is 85.0 Å². The summed E-state index contributed by atoms with van der Waals surface area (Å²) >= 11 is 5.35. The van der Waals surface area contributed by atoms with Crippen LogP contribution in [0.1, 0.15) is 32.3 Å². The molecule has 0 bridgehead atoms. The van der Waals surface area contributed by atoms with Crippen LogP contribution < -0.4 is 15.5 Å². The Morgan fingerprint density at radius 3 is 2.47 bits per heavy atom. The second-order valence-electron chi connectivity index (χ2n) is 8.61. The predicted octanol–water partition coefficient (Wildman–Crippen LogP) is 1.94. The number of rotatable bonds is 2. The molecule has 2 saturated heterocycles. The molecule has 0 unspecified atom stereocenters. The van der Waals surface area contributed by atoms with E-state index in [1.807, 2.05) is 32.0 Å². The van der Waals surface area contributed by atoms with Gasteiger partial charge in [0.05, 0.1) is 6.04 Å². The number of nitrogens with zero attached hydrogens (tertiary/aromatic N) is 3. The molecule has 1 atom stereocenters. The van der Waals surface area contributed by atoms with E-state index in [1.54, 1.807) is 0 Å². The Bertz CT molecular complexity index is 923. The smallest absolute Gasteiger partial charge is 0.332 e. The van der Waals surface area contributed by atoms with E-state index in [1.165, 1.54) is 14.1 Å². The molecule has 0 saturated carbocycles. The summed E-state index contributed by atoms with van der Waals surface area (Å²) in [7, 11) is 2.91. The van der Waals surface area contributed by atoms with Gasteiger partial charge in [-0.3, -0.25) is 19.4 Å². The standard InChI is InChI=1S/C21H27N5O3S/c1-12(2)22-19(30)23-14-7-8-15-13(10-14)11-21(16-6-5-9-26(15)16)17(27)24(3)20(29)25(4)18(21)28/h7-8,10,12,16H,5-6,9,11H2,1-4H3,(H2,22,23,30)/t16-/m1/s1. The van der Waals surface area contributed by atoms with Crippen LogP contribution in [0.2, 0.25) is 0 Å². The van der Waals surface area contributed by atoms with Crippen molar-refractivity contribution in [2.75, 3.05) is 30.9 Å². The average molecular weight is 430 g/mol. The number of hydrogen-bond acceptors (Lipinski definition) is 5. The molecule has 3 aliphatic rings. The van der Waals surface area contributed by atoms with Gasteiger partial charge in [0.1, 0.15) is 0 Å². The fourth-order valence-corrected chi connectivity index (χ4v) is 5.38. The highest BCUT2D eigenvalue weighted by atomic mass is 32.1. The van der Waals surface area contributed by atoms with E-state index in [4.69, 9.17) is 12.2 Å². The molecule has 9 heteroatoms. The second-order valence-corrected chi connectivity index (χ2v) is 9.02. The van der Waals surface area contributed by atoms with Crippen LogP contribution in [-0.2, 0) is 16.0 Å². The zero-order valence-corrected chi connectivity index (χ0v) is 18.5. The highest BCUT2D eigenvalue weighted by molar-refractivity contribution is 7.80. The van der Waals surface area contributed by atoms with Crippen LogP contribution in [0.15, 0.2) is 18.2 Å². The summed E-state index contributed by atoms with van der Waals surface area (Å²) < 4.78 is 0. The largest absolute Gasteiger partial charge is 0.367 e. The lowest BCUT2D eigenvalue weighted by Crippen LogP contribution is -2.70. The average Bonchev–Trinajstić information content (AvgIpc) is 3.19. The Balaban J connectivity index is 1.75. The summed E-state index contributed by atoms with van der Waals surface area (Å²) in [5.74, 6) is -0.818. The Hall–Kier alpha value is -2.68. The summed E-state index contributed by atoms with van der Waals surface area (Å²) in [6.45, 7) is 4.79. The monoisotopic (exact) mass is 429 g/mol. The number of benzene rings is 1. The maximum absolute atomic E-state index is 13.4. The number of barbiturate groups is 1. The molecule has 1 aromatic carbocycles. The first-order valence-corrected chi connectivity index (χ1v) is 10.6. The van der Waals surface area contributed by atoms with Gasteiger partial charge in [-0.05, 0) is 69.1 Å². The highest BCUT2D eigenvalue weighted by Gasteiger charge is 2.63. The molecule has 0 aliphatic carbocycles. The molecule has 160 valence electrons. The van der Waals surface area contributed by atoms with Gasteiger partial charge < -0.3 is 15.5 Å². The summed E-state index contributed by atoms with van der Waals surface area (Å²) in [6.07, 6.45) is 1.91. The molecule has 0 aromatic heterocycles. The van der Waals surface area contributed by atoms with E-state index in [9.17, 15) is 14.4 Å². The Morgan fingerprint density at radius 1 is 1.17 bits per heavy atom. The van der Waals surface area contributed by atoms with Crippen molar-refractivity contribution >= 4 is 46.6 Å². The second kappa shape index (κ2) is 7.23. The number of amides is 4. The first-order valence-electron chi connectivity index (χ1n) is 10.2. The SMILES string of the molecule is CC(C)NC(=S)Nc1ccc2c(c1)CC1(C(=O)N(C)C(=O)N(C)C1=O)[C@H]1CCCN21. The maximum Gasteiger partial charge on any atom is 0.332 e. The van der Waals surface area contributed by atoms with E-state index >= 15 is 0 Å². The lowest BCUT2D eigenvalue weighted by Gasteiger charge is -2.50. The van der Waals surface area contributed by atoms with Crippen molar-refractivity contribution in [1.82, 2.24) is 15.1 Å². The van der Waals surface area contributed by atoms with Crippen LogP contribution in [0.5, 0.6) is 0 Å². The van der Waals surface area contributed by atoms with Crippen LogP contribution >= 0.6 is 12.2 Å². The first kappa shape index (κ1) is 20.6. The predicted molar refractivity (Wildman–Crippen MR) is 118 cm³/mol. The molecular weight excluding hydrogens is 402 g/mol. The van der Waals surface area contributed by atoms with Crippen LogP contribution in [0, 0.1) is 5.41 Å². The third-order valence-corrected chi connectivity index (χ3v) is 6.52. The van der Waals surface area contributed by atoms with Crippen LogP contribution in [0.25, 0.3) is 0 Å². The third-order valence-electron chi connectivity index (χ3n) is 6.30. The van der Waals surface area contributed by atoms with Gasteiger partial charge in [-0.25, -0.2) is 4.79 Å². The molecule has 4 rings (SSSR count). The number of thiocarbonyl (C=S) groups is 1. The molecule has 3 aliphatic heterocycles. The molecule has 0 radical (unpaired) electrons. The van der Waals surface area contributed by atoms with Gasteiger partial charge in [0.15, 0.2) is 10.5 Å². The van der Waals surface area contributed by atoms with Crippen LogP contribution in [-0.4, -0.2) is 65.5 Å². The molecule has 4 amide bonds. The molecule has 1 aromatic rings. The molecule has 3 heterocycles. The number of fused-ring (bicyclic) bond motifs is 4. The van der Waals surface area contributed by atoms with Gasteiger partial charge in [0.25, 0.3) is 0 Å². The number of urea groups is 1. The van der Waals surface area contributed by atoms with Gasteiger partial charge >= 0.3 is 6.03 Å². The molecule has 1 spiro atoms. The highest BCUT2D eigenvalue weighted by Crippen LogP contribution is 2.49. The van der Waals surface area contributed by atoms with E-state index in [0.717, 1.165) is 46.1 Å². The van der Waals surface area contributed by atoms with Gasteiger partial charge in [-0.15, -0.1) is 0 Å². The van der Waals surface area contributed by atoms with Crippen molar-refractivity contribution in [1.29, 1.82) is 0 Å². The van der Waals surface area contributed by atoms with Crippen molar-refractivity contribution in [3.05, 3.63) is 23.8 Å². The molecule has 30 heavy (non-hydrogen) atoms. The van der Waals surface area contributed by atoms with E-state index < -0.39 is 23.3 Å². The number of anilines is 2. The lowest BCUT2D eigenvalue weighted by molar-refractivity contribution is -0.159. The fraction of sp³-hybridized carbons (Fsp3) is 0.524. The first-order chi connectivity index (χ1) is 14.2. The van der Waals surface area contributed by atoms with Crippen LogP contribution in [0.3, 0.4) is 0 Å². The van der Waals surface area contributed by atoms with Crippen molar-refractivity contribution in [2.24, 2.45) is 5.41 Å². The summed E-state index contributed by atoms with van der Waals surface area (Å²) in [6, 6.07) is 5.33. The van der Waals surface area contributed by atoms with Gasteiger partial charge in [-0.1, -0.05) is 0 Å². The summed E-state index contributed by atoms with van der Waals surface area (Å²) in [5, 5.41) is 6.84. The molecular formula is C21H27N5O3S. The lowest BCUT2D eigenvalue weighted by atomic mass is 9.68. The minimum atomic E-state index is -1.28. The molecule has 8 nitrogen and oxygen atoms in total. The van der Waals surface area contributed by atoms with Crippen molar-refractivity contribution in [2.45, 2.75) is 45.2 Å². The molecule has 2 fully saturated rings. The Morgan fingerprint density at radius 2 is 1.83 bits per heavy atom. The minimum absolute atomic E-state index is 0.206. The number of carbonyl (C=O) groups excluding carboxylic acids is 3. The number of carbonyl (C=O) groups is 3. The van der Waals surface area contributed by atoms with Gasteiger partial charge in [0.2, 0.25) is 11.8 Å². The van der Waals surface area contributed by atoms with E-state index in [2.05, 4.69) is 15.5 Å². The zero-order valence-electron chi connectivity index (χ0n) is 17.7. The van der Waals surface area contributed by atoms with Crippen molar-refractivity contribution < 1.29 is 14.4 Å². The third kappa shape index (κ3) is 2.94. The summed E-state index contributed by atoms with van der Waals surface area (Å²) in [4.78, 5) is 43.5. The van der Waals surface area contributed by atoms with Gasteiger partial charge in [-0.2, -0.15) is 0 Å². The maximum atomic E-state index is 13.4. The van der Waals surface area contributed by atoms with Crippen molar-refractivity contribution in [3.8, 4) is 0 Å². The van der Waals surface area contributed by atoms with Gasteiger partial charge in [0, 0.05) is 38.1 Å². The normalized spacial score (nSPS) is 22.5. The number of hydrogen-bond donors (Lipinski definition) is 2. The number of imide groups is 2. The van der Waals surface area contributed by atoms with E-state index in [0.29, 0.717) is 5.11 Å². The fourth-order valence-electron chi connectivity index (χ4n) is 5.03. The quantitative estimate of drug-likeness (QED) is 0.549. The Kier molecular flexibility index (Phi) is 4.96. The van der Waals surface area contributed by atoms with Crippen LogP contribution in [0.4, 0.5) is 16.2 Å². The van der Waals surface area contributed by atoms with E-state index in [-0.39, 0.29) is 18.5 Å². The van der Waals surface area contributed by atoms with Crippen molar-refractivity contribution in [3.63, 3.8) is 0 Å². The zero-order chi connectivity index (χ0) is 21.8. The summed E-state index contributed by atoms with van der Waals surface area (Å²) in [5.41, 5.74) is 1.46. The molecule has 2 N–H and O–H groups in total. The number of nitrogens with one attached hydrogen (secondary N) is 2. The minimum Gasteiger partial charge on any atom is -0.367 e. The Labute approximate surface area is 181 Å².